The zero-order valence-corrected chi connectivity index (χ0v) is 18.3. The molecule has 0 aliphatic carbocycles. The van der Waals surface area contributed by atoms with Gasteiger partial charge in [-0.05, 0) is 61.1 Å². The first-order valence-electron chi connectivity index (χ1n) is 10.6. The van der Waals surface area contributed by atoms with Crippen LogP contribution in [0.25, 0.3) is 11.1 Å². The van der Waals surface area contributed by atoms with E-state index in [2.05, 4.69) is 4.74 Å². The van der Waals surface area contributed by atoms with Crippen molar-refractivity contribution in [2.24, 2.45) is 0 Å². The summed E-state index contributed by atoms with van der Waals surface area (Å²) >= 11 is 0. The highest BCUT2D eigenvalue weighted by molar-refractivity contribution is 5.73. The molecule has 0 unspecified atom stereocenters. The van der Waals surface area contributed by atoms with Crippen molar-refractivity contribution in [1.29, 1.82) is 0 Å². The Hall–Kier alpha value is -3.30. The Morgan fingerprint density at radius 1 is 0.714 bits per heavy atom. The molecule has 0 aromatic heterocycles. The Balaban J connectivity index is 1.96. The average molecular weight is 503 g/mol. The van der Waals surface area contributed by atoms with E-state index < -0.39 is 82.5 Å². The van der Waals surface area contributed by atoms with Gasteiger partial charge in [-0.3, -0.25) is 5.11 Å². The maximum absolute atomic E-state index is 15.2. The van der Waals surface area contributed by atoms with E-state index in [1.807, 2.05) is 6.92 Å². The number of benzene rings is 3. The predicted octanol–water partition coefficient (Wildman–Crippen LogP) is 8.06. The molecule has 0 aliphatic rings. The van der Waals surface area contributed by atoms with Crippen LogP contribution in [-0.2, 0) is 24.4 Å². The highest BCUT2D eigenvalue weighted by Gasteiger charge is 2.26. The fraction of sp³-hybridized carbons (Fsp3) is 0.280. The van der Waals surface area contributed by atoms with Crippen LogP contribution in [0.1, 0.15) is 36.5 Å². The average Bonchev–Trinajstić information content (AvgIpc) is 2.76. The molecule has 187 valence electrons. The van der Waals surface area contributed by atoms with E-state index in [1.165, 1.54) is 0 Å². The Kier molecular flexibility index (Phi) is 8.24. The molecule has 1 radical (unpaired) electrons. The van der Waals surface area contributed by atoms with Crippen molar-refractivity contribution in [2.75, 3.05) is 0 Å². The summed E-state index contributed by atoms with van der Waals surface area (Å²) in [5.74, 6) is -10.7. The Morgan fingerprint density at radius 3 is 1.80 bits per heavy atom. The van der Waals surface area contributed by atoms with Crippen LogP contribution >= 0.6 is 0 Å². The fourth-order valence-electron chi connectivity index (χ4n) is 3.72. The third-order valence-electron chi connectivity index (χ3n) is 5.38. The van der Waals surface area contributed by atoms with Crippen LogP contribution < -0.4 is 4.74 Å². The van der Waals surface area contributed by atoms with Crippen molar-refractivity contribution in [3.63, 3.8) is 0 Å². The summed E-state index contributed by atoms with van der Waals surface area (Å²) < 4.78 is 115. The van der Waals surface area contributed by atoms with Gasteiger partial charge in [0.15, 0.2) is 23.1 Å². The number of halogens is 8. The summed E-state index contributed by atoms with van der Waals surface area (Å²) in [5, 5.41) is 12.3. The first-order valence-corrected chi connectivity index (χ1v) is 10.6. The molecule has 0 amide bonds. The number of alkyl halides is 2. The van der Waals surface area contributed by atoms with Crippen LogP contribution in [0.5, 0.6) is 11.5 Å². The van der Waals surface area contributed by atoms with E-state index in [4.69, 9.17) is 0 Å². The summed E-state index contributed by atoms with van der Waals surface area (Å²) in [6.45, 7) is -1.59. The molecule has 0 heterocycles. The van der Waals surface area contributed by atoms with Gasteiger partial charge in [-0.15, -0.1) is 0 Å². The largest absolute Gasteiger partial charge is 0.429 e. The molecule has 0 spiro atoms. The zero-order valence-electron chi connectivity index (χ0n) is 18.3. The molecule has 0 fully saturated rings. The quantitative estimate of drug-likeness (QED) is 0.272. The second-order valence-corrected chi connectivity index (χ2v) is 7.83. The first kappa shape index (κ1) is 26.3. The minimum absolute atomic E-state index is 0.161. The Labute approximate surface area is 195 Å². The minimum atomic E-state index is -3.47. The van der Waals surface area contributed by atoms with Gasteiger partial charge in [0.05, 0.1) is 11.1 Å². The number of hydrogen-bond acceptors (Lipinski definition) is 1. The molecule has 3 rings (SSSR count). The van der Waals surface area contributed by atoms with E-state index in [-0.39, 0.29) is 5.56 Å². The lowest BCUT2D eigenvalue weighted by Crippen LogP contribution is -2.07. The Bertz CT molecular complexity index is 1180. The van der Waals surface area contributed by atoms with Crippen LogP contribution in [-0.4, -0.2) is 6.61 Å². The molecule has 3 aromatic carbocycles. The molecule has 0 N–H and O–H groups in total. The highest BCUT2D eigenvalue weighted by atomic mass is 19.3. The summed E-state index contributed by atoms with van der Waals surface area (Å²) in [6.07, 6.45) is 0.824. The number of hydrogen-bond donors (Lipinski definition) is 0. The maximum atomic E-state index is 15.2. The van der Waals surface area contributed by atoms with Gasteiger partial charge in [0.25, 0.3) is 0 Å². The molecule has 0 atom stereocenters. The molecule has 10 heteroatoms. The smallest absolute Gasteiger partial charge is 0.387 e. The number of unbranched alkanes of at least 4 members (excludes halogenated alkanes) is 1. The maximum Gasteiger partial charge on any atom is 0.387 e. The van der Waals surface area contributed by atoms with Gasteiger partial charge in [0, 0.05) is 11.6 Å². The van der Waals surface area contributed by atoms with Crippen molar-refractivity contribution in [3.8, 4) is 22.6 Å². The van der Waals surface area contributed by atoms with Crippen LogP contribution in [0, 0.1) is 34.9 Å². The third-order valence-corrected chi connectivity index (χ3v) is 5.38. The fourth-order valence-corrected chi connectivity index (χ4v) is 3.72. The summed E-state index contributed by atoms with van der Waals surface area (Å²) in [7, 11) is 0. The van der Waals surface area contributed by atoms with Gasteiger partial charge in [0.1, 0.15) is 23.3 Å². The molecule has 0 saturated heterocycles. The highest BCUT2D eigenvalue weighted by Crippen LogP contribution is 2.39. The molecular formula is C25H19F8O2. The molecular weight excluding hydrogens is 484 g/mol. The summed E-state index contributed by atoms with van der Waals surface area (Å²) in [4.78, 5) is 0. The Morgan fingerprint density at radius 2 is 1.26 bits per heavy atom. The van der Waals surface area contributed by atoms with Crippen LogP contribution in [0.4, 0.5) is 35.1 Å². The topological polar surface area (TPSA) is 29.1 Å². The molecule has 3 aromatic rings. The normalized spacial score (nSPS) is 11.4. The van der Waals surface area contributed by atoms with Gasteiger partial charge in [-0.2, -0.15) is 8.78 Å². The zero-order chi connectivity index (χ0) is 25.9. The second kappa shape index (κ2) is 11.0. The molecule has 0 saturated carbocycles. The van der Waals surface area contributed by atoms with Crippen molar-refractivity contribution < 1.29 is 45.0 Å². The van der Waals surface area contributed by atoms with Gasteiger partial charge in [0.2, 0.25) is 0 Å². The van der Waals surface area contributed by atoms with Crippen LogP contribution in [0.3, 0.4) is 0 Å². The molecule has 0 aliphatic heterocycles. The monoisotopic (exact) mass is 503 g/mol. The number of ether oxygens (including phenoxy) is 1. The molecule has 2 nitrogen and oxygen atoms in total. The van der Waals surface area contributed by atoms with E-state index >= 15 is 4.39 Å². The minimum Gasteiger partial charge on any atom is -0.429 e. The van der Waals surface area contributed by atoms with Crippen LogP contribution in [0.15, 0.2) is 30.3 Å². The number of rotatable bonds is 9. The second-order valence-electron chi connectivity index (χ2n) is 7.83. The van der Waals surface area contributed by atoms with Crippen molar-refractivity contribution in [2.45, 2.75) is 45.6 Å². The molecule has 35 heavy (non-hydrogen) atoms. The van der Waals surface area contributed by atoms with Crippen LogP contribution in [0.2, 0.25) is 0 Å². The van der Waals surface area contributed by atoms with Crippen molar-refractivity contribution in [3.05, 3.63) is 81.9 Å². The van der Waals surface area contributed by atoms with E-state index in [9.17, 15) is 35.8 Å². The van der Waals surface area contributed by atoms with Gasteiger partial charge in [-0.25, -0.2) is 26.3 Å². The summed E-state index contributed by atoms with van der Waals surface area (Å²) in [6, 6.07) is 3.62. The molecule has 0 bridgehead atoms. The van der Waals surface area contributed by atoms with Gasteiger partial charge in [-0.1, -0.05) is 13.3 Å². The lowest BCUT2D eigenvalue weighted by atomic mass is 9.94. The lowest BCUT2D eigenvalue weighted by Gasteiger charge is -2.14. The standard InChI is InChI=1S/C25H19F8O2/c1-2-3-4-12-7-16(27)21(17(28)8-12)22-20(34)11-15(26)14(23(22)31)6-5-13-9-18(29)24(19(30)10-13)35-25(32)33/h7-11,25H,2-6H2,1H3. The van der Waals surface area contributed by atoms with E-state index in [0.29, 0.717) is 36.6 Å². The van der Waals surface area contributed by atoms with Gasteiger partial charge < -0.3 is 4.74 Å². The van der Waals surface area contributed by atoms with E-state index in [0.717, 1.165) is 18.6 Å². The first-order chi connectivity index (χ1) is 16.5. The summed E-state index contributed by atoms with van der Waals surface area (Å²) in [5.41, 5.74) is -2.53. The van der Waals surface area contributed by atoms with Crippen molar-refractivity contribution in [1.82, 2.24) is 0 Å². The van der Waals surface area contributed by atoms with E-state index in [1.54, 1.807) is 0 Å². The van der Waals surface area contributed by atoms with Crippen molar-refractivity contribution >= 4 is 0 Å². The third kappa shape index (κ3) is 5.86. The predicted molar refractivity (Wildman–Crippen MR) is 111 cm³/mol. The number of aryl methyl sites for hydroxylation is 2. The lowest BCUT2D eigenvalue weighted by molar-refractivity contribution is -0.0546. The SMILES string of the molecule is CCCCc1cc(F)c(-c2c([O])cc(F)c(CCc3cc(F)c(OC(F)F)c(F)c3)c2F)c(F)c1. The van der Waals surface area contributed by atoms with Gasteiger partial charge >= 0.3 is 6.61 Å².